The first-order chi connectivity index (χ1) is 9.34. The summed E-state index contributed by atoms with van der Waals surface area (Å²) in [4.78, 5) is 0. The van der Waals surface area contributed by atoms with Crippen molar-refractivity contribution in [3.63, 3.8) is 0 Å². The molecule has 0 radical (unpaired) electrons. The number of aromatic amines is 1. The van der Waals surface area contributed by atoms with Gasteiger partial charge in [0.25, 0.3) is 0 Å². The molecule has 19 heavy (non-hydrogen) atoms. The first-order valence-corrected chi connectivity index (χ1v) is 6.64. The molecule has 6 heteroatoms. The average molecular weight is 274 g/mol. The highest BCUT2D eigenvalue weighted by Crippen LogP contribution is 2.26. The minimum absolute atomic E-state index is 0.0131. The number of nitrogens with one attached hydrogen (secondary N) is 1. The fourth-order valence-electron chi connectivity index (χ4n) is 2.07. The largest absolute Gasteiger partial charge is 0.370 e. The molecule has 98 valence electrons. The van der Waals surface area contributed by atoms with Gasteiger partial charge in [-0.15, -0.1) is 0 Å². The van der Waals surface area contributed by atoms with E-state index in [1.54, 1.807) is 10.9 Å². The van der Waals surface area contributed by atoms with Gasteiger partial charge in [0.15, 0.2) is 5.82 Å². The topological polar surface area (TPSA) is 55.2 Å². The van der Waals surface area contributed by atoms with E-state index in [1.807, 2.05) is 30.3 Å². The zero-order valence-electron chi connectivity index (χ0n) is 10.3. The molecule has 2 aromatic rings. The van der Waals surface area contributed by atoms with Crippen LogP contribution >= 0.6 is 12.2 Å². The van der Waals surface area contributed by atoms with Crippen molar-refractivity contribution >= 4 is 18.4 Å². The van der Waals surface area contributed by atoms with Crippen LogP contribution in [0.3, 0.4) is 0 Å². The van der Waals surface area contributed by atoms with Crippen LogP contribution in [0.25, 0.3) is 0 Å². The third kappa shape index (κ3) is 2.64. The normalized spacial score (nSPS) is 19.3. The summed E-state index contributed by atoms with van der Waals surface area (Å²) in [5.41, 5.74) is 1.02. The van der Waals surface area contributed by atoms with Gasteiger partial charge in [0.05, 0.1) is 6.21 Å². The van der Waals surface area contributed by atoms with Crippen LogP contribution in [-0.2, 0) is 4.74 Å². The second-order valence-corrected chi connectivity index (χ2v) is 4.74. The molecule has 1 fully saturated rings. The Balaban J connectivity index is 1.90. The van der Waals surface area contributed by atoms with Gasteiger partial charge in [-0.05, 0) is 30.6 Å². The second kappa shape index (κ2) is 5.46. The third-order valence-corrected chi connectivity index (χ3v) is 3.28. The van der Waals surface area contributed by atoms with Gasteiger partial charge in [-0.2, -0.15) is 14.9 Å². The van der Waals surface area contributed by atoms with Crippen LogP contribution in [0.5, 0.6) is 0 Å². The SMILES string of the molecule is S=c1[nH]nc([C@@H]2CCCO2)n1/N=C\c1ccccc1. The first-order valence-electron chi connectivity index (χ1n) is 6.23. The number of rotatable bonds is 3. The van der Waals surface area contributed by atoms with Gasteiger partial charge in [-0.25, -0.2) is 0 Å². The molecule has 0 amide bonds. The van der Waals surface area contributed by atoms with Gasteiger partial charge < -0.3 is 4.74 Å². The minimum atomic E-state index is -0.0131. The molecule has 1 aliphatic heterocycles. The van der Waals surface area contributed by atoms with Crippen LogP contribution in [0, 0.1) is 4.77 Å². The van der Waals surface area contributed by atoms with Crippen LogP contribution in [0.15, 0.2) is 35.4 Å². The maximum atomic E-state index is 5.62. The van der Waals surface area contributed by atoms with Crippen LogP contribution < -0.4 is 0 Å². The molecule has 0 unspecified atom stereocenters. The summed E-state index contributed by atoms with van der Waals surface area (Å²) >= 11 is 5.20. The van der Waals surface area contributed by atoms with E-state index in [0.29, 0.717) is 4.77 Å². The lowest BCUT2D eigenvalue weighted by Gasteiger charge is -2.07. The molecule has 1 aromatic heterocycles. The van der Waals surface area contributed by atoms with E-state index in [4.69, 9.17) is 17.0 Å². The summed E-state index contributed by atoms with van der Waals surface area (Å²) in [7, 11) is 0. The molecule has 0 bridgehead atoms. The molecule has 3 rings (SSSR count). The van der Waals surface area contributed by atoms with Crippen molar-refractivity contribution in [3.05, 3.63) is 46.5 Å². The molecule has 1 saturated heterocycles. The van der Waals surface area contributed by atoms with E-state index in [0.717, 1.165) is 30.8 Å². The summed E-state index contributed by atoms with van der Waals surface area (Å²) in [5, 5.41) is 11.4. The number of H-pyrrole nitrogens is 1. The Morgan fingerprint density at radius 2 is 2.26 bits per heavy atom. The standard InChI is InChI=1S/C13H14N4OS/c19-13-16-15-12(11-7-4-8-18-11)17(13)14-9-10-5-2-1-3-6-10/h1-3,5-6,9,11H,4,7-8H2,(H,16,19)/b14-9-/t11-/m0/s1. The van der Waals surface area contributed by atoms with Crippen molar-refractivity contribution in [1.82, 2.24) is 14.9 Å². The Bertz CT molecular complexity index is 626. The molecular weight excluding hydrogens is 260 g/mol. The zero-order valence-corrected chi connectivity index (χ0v) is 11.1. The quantitative estimate of drug-likeness (QED) is 0.691. The Morgan fingerprint density at radius 3 is 3.00 bits per heavy atom. The Hall–Kier alpha value is -1.79. The first kappa shape index (κ1) is 12.3. The molecule has 1 atom stereocenters. The van der Waals surface area contributed by atoms with Gasteiger partial charge in [-0.3, -0.25) is 5.10 Å². The zero-order chi connectivity index (χ0) is 13.1. The summed E-state index contributed by atoms with van der Waals surface area (Å²) < 4.78 is 7.74. The van der Waals surface area contributed by atoms with E-state index in [1.165, 1.54) is 0 Å². The number of ether oxygens (including phenoxy) is 1. The lowest BCUT2D eigenvalue weighted by Crippen LogP contribution is -2.05. The van der Waals surface area contributed by atoms with Gasteiger partial charge >= 0.3 is 0 Å². The lowest BCUT2D eigenvalue weighted by molar-refractivity contribution is 0.102. The van der Waals surface area contributed by atoms with Crippen molar-refractivity contribution in [2.45, 2.75) is 18.9 Å². The maximum Gasteiger partial charge on any atom is 0.216 e. The van der Waals surface area contributed by atoms with E-state index in [2.05, 4.69) is 15.3 Å². The van der Waals surface area contributed by atoms with Crippen molar-refractivity contribution < 1.29 is 4.74 Å². The average Bonchev–Trinajstić information content (AvgIpc) is 3.07. The molecule has 0 spiro atoms. The van der Waals surface area contributed by atoms with Crippen LogP contribution in [-0.4, -0.2) is 27.7 Å². The van der Waals surface area contributed by atoms with Crippen molar-refractivity contribution in [2.24, 2.45) is 5.10 Å². The van der Waals surface area contributed by atoms with Gasteiger partial charge in [0.1, 0.15) is 6.10 Å². The molecule has 1 N–H and O–H groups in total. The summed E-state index contributed by atoms with van der Waals surface area (Å²) in [5.74, 6) is 0.745. The molecule has 1 aliphatic rings. The van der Waals surface area contributed by atoms with E-state index < -0.39 is 0 Å². The molecule has 0 saturated carbocycles. The number of hydrogen-bond acceptors (Lipinski definition) is 4. The highest BCUT2D eigenvalue weighted by atomic mass is 32.1. The number of nitrogens with zero attached hydrogens (tertiary/aromatic N) is 3. The minimum Gasteiger partial charge on any atom is -0.370 e. The van der Waals surface area contributed by atoms with E-state index in [-0.39, 0.29) is 6.10 Å². The molecule has 2 heterocycles. The number of benzene rings is 1. The summed E-state index contributed by atoms with van der Waals surface area (Å²) in [6, 6.07) is 9.88. The van der Waals surface area contributed by atoms with Crippen LogP contribution in [0.1, 0.15) is 30.3 Å². The van der Waals surface area contributed by atoms with Crippen LogP contribution in [0.2, 0.25) is 0 Å². The lowest BCUT2D eigenvalue weighted by atomic mass is 10.2. The Kier molecular flexibility index (Phi) is 3.52. The smallest absolute Gasteiger partial charge is 0.216 e. The summed E-state index contributed by atoms with van der Waals surface area (Å²) in [6.45, 7) is 0.771. The maximum absolute atomic E-state index is 5.62. The van der Waals surface area contributed by atoms with Crippen molar-refractivity contribution in [1.29, 1.82) is 0 Å². The molecule has 5 nitrogen and oxygen atoms in total. The number of aromatic nitrogens is 3. The predicted molar refractivity (Wildman–Crippen MR) is 74.8 cm³/mol. The van der Waals surface area contributed by atoms with Crippen molar-refractivity contribution in [3.8, 4) is 0 Å². The Labute approximate surface area is 115 Å². The molecule has 0 aliphatic carbocycles. The fraction of sp³-hybridized carbons (Fsp3) is 0.308. The fourth-order valence-corrected chi connectivity index (χ4v) is 2.25. The molecular formula is C13H14N4OS. The predicted octanol–water partition coefficient (Wildman–Crippen LogP) is 2.67. The third-order valence-electron chi connectivity index (χ3n) is 3.01. The highest BCUT2D eigenvalue weighted by Gasteiger charge is 2.23. The van der Waals surface area contributed by atoms with Crippen LogP contribution in [0.4, 0.5) is 0 Å². The second-order valence-electron chi connectivity index (χ2n) is 4.36. The van der Waals surface area contributed by atoms with Gasteiger partial charge in [0, 0.05) is 6.61 Å². The van der Waals surface area contributed by atoms with E-state index >= 15 is 0 Å². The Morgan fingerprint density at radius 1 is 1.42 bits per heavy atom. The summed E-state index contributed by atoms with van der Waals surface area (Å²) in [6.07, 6.45) is 3.76. The van der Waals surface area contributed by atoms with Gasteiger partial charge in [0.2, 0.25) is 4.77 Å². The van der Waals surface area contributed by atoms with Gasteiger partial charge in [-0.1, -0.05) is 30.3 Å². The molecule has 1 aromatic carbocycles. The van der Waals surface area contributed by atoms with Crippen molar-refractivity contribution in [2.75, 3.05) is 6.61 Å². The number of hydrogen-bond donors (Lipinski definition) is 1. The highest BCUT2D eigenvalue weighted by molar-refractivity contribution is 7.71. The monoisotopic (exact) mass is 274 g/mol. The van der Waals surface area contributed by atoms with E-state index in [9.17, 15) is 0 Å².